The van der Waals surface area contributed by atoms with Gasteiger partial charge in [-0.15, -0.1) is 0 Å². The fourth-order valence-electron chi connectivity index (χ4n) is 3.85. The zero-order valence-electron chi connectivity index (χ0n) is 18.2. The molecule has 0 bridgehead atoms. The summed E-state index contributed by atoms with van der Waals surface area (Å²) in [6.07, 6.45) is 1.73. The number of aliphatic hydroxyl groups is 1. The Balaban J connectivity index is 1.97. The number of aliphatic hydroxyl groups excluding tert-OH is 1. The molecule has 1 fully saturated rings. The molecule has 168 valence electrons. The molecule has 7 heteroatoms. The average Bonchev–Trinajstić information content (AvgIpc) is 3.03. The van der Waals surface area contributed by atoms with Crippen molar-refractivity contribution in [1.82, 2.24) is 4.90 Å². The molecule has 7 nitrogen and oxygen atoms in total. The van der Waals surface area contributed by atoms with Crippen molar-refractivity contribution in [3.8, 4) is 5.75 Å². The Morgan fingerprint density at radius 1 is 0.969 bits per heavy atom. The van der Waals surface area contributed by atoms with Gasteiger partial charge in [-0.2, -0.15) is 0 Å². The summed E-state index contributed by atoms with van der Waals surface area (Å²) >= 11 is 0. The topological polar surface area (TPSA) is 104 Å². The van der Waals surface area contributed by atoms with Gasteiger partial charge in [0.2, 0.25) is 0 Å². The van der Waals surface area contributed by atoms with Gasteiger partial charge in [0.15, 0.2) is 0 Å². The van der Waals surface area contributed by atoms with Gasteiger partial charge in [0.05, 0.1) is 18.7 Å². The summed E-state index contributed by atoms with van der Waals surface area (Å²) in [5, 5.41) is 19.8. The molecule has 1 aliphatic heterocycles. The molecule has 1 heterocycles. The Labute approximate surface area is 186 Å². The third kappa shape index (κ3) is 4.99. The van der Waals surface area contributed by atoms with E-state index in [0.29, 0.717) is 36.1 Å². The van der Waals surface area contributed by atoms with Gasteiger partial charge in [-0.25, -0.2) is 0 Å². The first-order valence-electron chi connectivity index (χ1n) is 10.5. The summed E-state index contributed by atoms with van der Waals surface area (Å²) in [4.78, 5) is 38.1. The molecule has 2 aromatic carbocycles. The van der Waals surface area contributed by atoms with Crippen LogP contribution in [-0.2, 0) is 14.4 Å². The maximum atomic E-state index is 13.0. The van der Waals surface area contributed by atoms with E-state index in [1.165, 1.54) is 4.90 Å². The molecule has 1 amide bonds. The number of rotatable bonds is 9. The summed E-state index contributed by atoms with van der Waals surface area (Å²) < 4.78 is 5.21. The van der Waals surface area contributed by atoms with E-state index in [-0.39, 0.29) is 24.3 Å². The number of Topliss-reactive ketones (excluding diaryl/α,β-unsaturated/α-hetero) is 1. The normalized spacial score (nSPS) is 17.6. The highest BCUT2D eigenvalue weighted by atomic mass is 16.5. The number of carbonyl (C=O) groups excluding carboxylic acids is 2. The van der Waals surface area contributed by atoms with Crippen LogP contribution < -0.4 is 4.74 Å². The lowest BCUT2D eigenvalue weighted by molar-refractivity contribution is -0.140. The van der Waals surface area contributed by atoms with E-state index >= 15 is 0 Å². The van der Waals surface area contributed by atoms with E-state index in [2.05, 4.69) is 0 Å². The van der Waals surface area contributed by atoms with Crippen molar-refractivity contribution in [2.45, 2.75) is 38.6 Å². The van der Waals surface area contributed by atoms with Crippen molar-refractivity contribution in [3.05, 3.63) is 70.8 Å². The number of aryl methyl sites for hydroxylation is 1. The molecule has 1 aliphatic rings. The first-order chi connectivity index (χ1) is 15.3. The third-order valence-corrected chi connectivity index (χ3v) is 5.59. The number of unbranched alkanes of at least 4 members (excludes halogenated alkanes) is 2. The zero-order valence-corrected chi connectivity index (χ0v) is 18.2. The van der Waals surface area contributed by atoms with Crippen molar-refractivity contribution >= 4 is 23.4 Å². The van der Waals surface area contributed by atoms with Gasteiger partial charge in [-0.05, 0) is 37.5 Å². The maximum Gasteiger partial charge on any atom is 0.303 e. The summed E-state index contributed by atoms with van der Waals surface area (Å²) in [7, 11) is 1.55. The van der Waals surface area contributed by atoms with Gasteiger partial charge in [0.25, 0.3) is 11.7 Å². The largest absolute Gasteiger partial charge is 0.507 e. The molecule has 3 rings (SSSR count). The molecule has 0 aromatic heterocycles. The molecular formula is C25H27NO6. The van der Waals surface area contributed by atoms with Crippen LogP contribution in [0.2, 0.25) is 0 Å². The lowest BCUT2D eigenvalue weighted by Gasteiger charge is -2.25. The number of ketones is 1. The van der Waals surface area contributed by atoms with Gasteiger partial charge in [-0.3, -0.25) is 14.4 Å². The fraction of sp³-hybridized carbons (Fsp3) is 0.320. The van der Waals surface area contributed by atoms with Crippen LogP contribution in [0.1, 0.15) is 48.4 Å². The number of aliphatic carboxylic acids is 1. The Hall–Kier alpha value is -3.61. The monoisotopic (exact) mass is 437 g/mol. The minimum Gasteiger partial charge on any atom is -0.507 e. The number of hydrogen-bond donors (Lipinski definition) is 2. The van der Waals surface area contributed by atoms with Crippen LogP contribution in [0.5, 0.6) is 5.75 Å². The standard InChI is InChI=1S/C25H27NO6/c1-16-7-9-18(10-8-16)23(29)21-22(17-11-13-19(32-2)14-12-17)26(25(31)24(21)30)15-5-3-4-6-20(27)28/h7-14,22,29H,3-6,15H2,1-2H3,(H,27,28)/t22-/m1/s1. The lowest BCUT2D eigenvalue weighted by Crippen LogP contribution is -2.30. The van der Waals surface area contributed by atoms with E-state index in [1.54, 1.807) is 43.5 Å². The number of nitrogens with zero attached hydrogens (tertiary/aromatic N) is 1. The fourth-order valence-corrected chi connectivity index (χ4v) is 3.85. The lowest BCUT2D eigenvalue weighted by atomic mass is 9.95. The highest BCUT2D eigenvalue weighted by Crippen LogP contribution is 2.40. The van der Waals surface area contributed by atoms with Crippen molar-refractivity contribution in [3.63, 3.8) is 0 Å². The zero-order chi connectivity index (χ0) is 23.3. The van der Waals surface area contributed by atoms with E-state index in [1.807, 2.05) is 19.1 Å². The van der Waals surface area contributed by atoms with E-state index in [9.17, 15) is 19.5 Å². The Morgan fingerprint density at radius 2 is 1.62 bits per heavy atom. The average molecular weight is 437 g/mol. The van der Waals surface area contributed by atoms with Crippen LogP contribution in [0, 0.1) is 6.92 Å². The predicted octanol–water partition coefficient (Wildman–Crippen LogP) is 4.07. The first-order valence-corrected chi connectivity index (χ1v) is 10.5. The van der Waals surface area contributed by atoms with Crippen molar-refractivity contribution in [1.29, 1.82) is 0 Å². The maximum absolute atomic E-state index is 13.0. The van der Waals surface area contributed by atoms with Crippen molar-refractivity contribution < 1.29 is 29.3 Å². The van der Waals surface area contributed by atoms with Gasteiger partial charge < -0.3 is 19.8 Å². The number of benzene rings is 2. The molecule has 0 aliphatic carbocycles. The number of amides is 1. The number of methoxy groups -OCH3 is 1. The van der Waals surface area contributed by atoms with E-state index in [4.69, 9.17) is 9.84 Å². The number of likely N-dealkylation sites (tertiary alicyclic amines) is 1. The number of carbonyl (C=O) groups is 3. The third-order valence-electron chi connectivity index (χ3n) is 5.59. The quantitative estimate of drug-likeness (QED) is 0.265. The van der Waals surface area contributed by atoms with Gasteiger partial charge in [0, 0.05) is 18.5 Å². The van der Waals surface area contributed by atoms with E-state index in [0.717, 1.165) is 5.56 Å². The van der Waals surface area contributed by atoms with Crippen LogP contribution in [0.15, 0.2) is 54.1 Å². The second-order valence-corrected chi connectivity index (χ2v) is 7.84. The summed E-state index contributed by atoms with van der Waals surface area (Å²) in [6, 6.07) is 13.4. The molecule has 0 saturated carbocycles. The number of carboxylic acids is 1. The Bertz CT molecular complexity index is 1020. The molecule has 0 radical (unpaired) electrons. The second-order valence-electron chi connectivity index (χ2n) is 7.84. The van der Waals surface area contributed by atoms with Gasteiger partial charge in [0.1, 0.15) is 11.5 Å². The smallest absolute Gasteiger partial charge is 0.303 e. The van der Waals surface area contributed by atoms with Gasteiger partial charge >= 0.3 is 5.97 Å². The molecule has 1 saturated heterocycles. The summed E-state index contributed by atoms with van der Waals surface area (Å²) in [5.74, 6) is -1.83. The highest BCUT2D eigenvalue weighted by Gasteiger charge is 2.45. The number of carboxylic acid groups (broad SMARTS) is 1. The molecule has 1 atom stereocenters. The molecule has 2 aromatic rings. The predicted molar refractivity (Wildman–Crippen MR) is 119 cm³/mol. The van der Waals surface area contributed by atoms with Crippen LogP contribution in [0.4, 0.5) is 0 Å². The number of hydrogen-bond acceptors (Lipinski definition) is 5. The molecule has 0 unspecified atom stereocenters. The number of ether oxygens (including phenoxy) is 1. The van der Waals surface area contributed by atoms with E-state index < -0.39 is 23.7 Å². The van der Waals surface area contributed by atoms with Gasteiger partial charge in [-0.1, -0.05) is 48.4 Å². The molecule has 0 spiro atoms. The van der Waals surface area contributed by atoms with Crippen LogP contribution >= 0.6 is 0 Å². The van der Waals surface area contributed by atoms with Crippen LogP contribution in [-0.4, -0.2) is 46.4 Å². The second kappa shape index (κ2) is 10.1. The van der Waals surface area contributed by atoms with Crippen molar-refractivity contribution in [2.75, 3.05) is 13.7 Å². The summed E-state index contributed by atoms with van der Waals surface area (Å²) in [5.41, 5.74) is 2.21. The molecule has 32 heavy (non-hydrogen) atoms. The van der Waals surface area contributed by atoms with Crippen LogP contribution in [0.25, 0.3) is 5.76 Å². The molecular weight excluding hydrogens is 410 g/mol. The summed E-state index contributed by atoms with van der Waals surface area (Å²) in [6.45, 7) is 2.20. The SMILES string of the molecule is COc1ccc([C@@H]2C(=C(O)c3ccc(C)cc3)C(=O)C(=O)N2CCCCCC(=O)O)cc1. The Kier molecular flexibility index (Phi) is 7.30. The Morgan fingerprint density at radius 3 is 2.22 bits per heavy atom. The highest BCUT2D eigenvalue weighted by molar-refractivity contribution is 6.46. The van der Waals surface area contributed by atoms with Crippen LogP contribution in [0.3, 0.4) is 0 Å². The molecule has 2 N–H and O–H groups in total. The van der Waals surface area contributed by atoms with Crippen molar-refractivity contribution in [2.24, 2.45) is 0 Å². The minimum absolute atomic E-state index is 0.0505. The first kappa shape index (κ1) is 23.1. The minimum atomic E-state index is -0.859.